The van der Waals surface area contributed by atoms with E-state index < -0.39 is 0 Å². The lowest BCUT2D eigenvalue weighted by atomic mass is 10.1. The Hall–Kier alpha value is -5.20. The molecule has 0 saturated carbocycles. The number of benzene rings is 5. The Labute approximate surface area is 233 Å². The molecule has 0 bridgehead atoms. The van der Waals surface area contributed by atoms with E-state index in [-0.39, 0.29) is 0 Å². The highest BCUT2D eigenvalue weighted by atomic mass is 32.1. The van der Waals surface area contributed by atoms with E-state index in [1.807, 2.05) is 78.9 Å². The minimum absolute atomic E-state index is 0.588. The van der Waals surface area contributed by atoms with Gasteiger partial charge in [-0.15, -0.1) is 11.3 Å². The summed E-state index contributed by atoms with van der Waals surface area (Å²) in [5, 5.41) is 2.45. The summed E-state index contributed by atoms with van der Waals surface area (Å²) in [6, 6.07) is 40.7. The van der Waals surface area contributed by atoms with Gasteiger partial charge in [0.2, 0.25) is 5.89 Å². The van der Waals surface area contributed by atoms with Gasteiger partial charge in [0, 0.05) is 42.4 Å². The Balaban J connectivity index is 1.32. The fraction of sp³-hybridized carbons (Fsp3) is 0. The fourth-order valence-electron chi connectivity index (χ4n) is 5.04. The molecule has 188 valence electrons. The molecule has 0 aliphatic heterocycles. The second-order valence-electron chi connectivity index (χ2n) is 9.52. The molecule has 0 atom stereocenters. The number of fused-ring (bicyclic) bond motifs is 4. The Kier molecular flexibility index (Phi) is 5.24. The summed E-state index contributed by atoms with van der Waals surface area (Å²) in [4.78, 5) is 19.7. The van der Waals surface area contributed by atoms with Gasteiger partial charge in [-0.2, -0.15) is 0 Å². The SMILES string of the molecule is c1ccc(-c2nc(-c3ccc4oc(-c5ccccc5)nc4c3)nc(-c3cccc4c3sc3ccccc34)n2)cc1. The molecule has 0 saturated heterocycles. The second kappa shape index (κ2) is 9.22. The lowest BCUT2D eigenvalue weighted by Gasteiger charge is -2.09. The molecule has 3 aromatic heterocycles. The van der Waals surface area contributed by atoms with Gasteiger partial charge in [0.1, 0.15) is 5.52 Å². The number of rotatable bonds is 4. The average molecular weight is 533 g/mol. The number of aromatic nitrogens is 4. The topological polar surface area (TPSA) is 64.7 Å². The van der Waals surface area contributed by atoms with Gasteiger partial charge in [-0.3, -0.25) is 0 Å². The molecule has 3 heterocycles. The first-order valence-electron chi connectivity index (χ1n) is 13.0. The van der Waals surface area contributed by atoms with Crippen molar-refractivity contribution in [2.45, 2.75) is 0 Å². The van der Waals surface area contributed by atoms with Crippen LogP contribution in [-0.2, 0) is 0 Å². The molecule has 8 aromatic rings. The minimum Gasteiger partial charge on any atom is -0.436 e. The van der Waals surface area contributed by atoms with E-state index in [1.54, 1.807) is 11.3 Å². The third-order valence-electron chi connectivity index (χ3n) is 6.98. The number of nitrogens with zero attached hydrogens (tertiary/aromatic N) is 4. The van der Waals surface area contributed by atoms with E-state index in [9.17, 15) is 0 Å². The van der Waals surface area contributed by atoms with Gasteiger partial charge < -0.3 is 4.42 Å². The van der Waals surface area contributed by atoms with Crippen molar-refractivity contribution in [2.75, 3.05) is 0 Å². The van der Waals surface area contributed by atoms with Crippen LogP contribution in [0.2, 0.25) is 0 Å². The number of hydrogen-bond donors (Lipinski definition) is 0. The van der Waals surface area contributed by atoms with Gasteiger partial charge >= 0.3 is 0 Å². The molecule has 0 aliphatic carbocycles. The summed E-state index contributed by atoms with van der Waals surface area (Å²) >= 11 is 1.77. The summed E-state index contributed by atoms with van der Waals surface area (Å²) in [5.74, 6) is 2.45. The van der Waals surface area contributed by atoms with Gasteiger partial charge in [0.15, 0.2) is 23.1 Å². The zero-order chi connectivity index (χ0) is 26.5. The lowest BCUT2D eigenvalue weighted by molar-refractivity contribution is 0.620. The van der Waals surface area contributed by atoms with E-state index in [2.05, 4.69) is 42.5 Å². The molecule has 5 aromatic carbocycles. The smallest absolute Gasteiger partial charge is 0.227 e. The van der Waals surface area contributed by atoms with E-state index in [1.165, 1.54) is 20.2 Å². The van der Waals surface area contributed by atoms with Crippen LogP contribution >= 0.6 is 11.3 Å². The van der Waals surface area contributed by atoms with Gasteiger partial charge in [-0.25, -0.2) is 19.9 Å². The van der Waals surface area contributed by atoms with Crippen LogP contribution in [0, 0.1) is 0 Å². The molecule has 0 fully saturated rings. The lowest BCUT2D eigenvalue weighted by Crippen LogP contribution is -2.00. The predicted octanol–water partition coefficient (Wildman–Crippen LogP) is 9.05. The molecule has 0 radical (unpaired) electrons. The van der Waals surface area contributed by atoms with Crippen LogP contribution in [-0.4, -0.2) is 19.9 Å². The van der Waals surface area contributed by atoms with Crippen molar-refractivity contribution in [3.05, 3.63) is 121 Å². The predicted molar refractivity (Wildman–Crippen MR) is 162 cm³/mol. The standard InChI is InChI=1S/C34H20N4OS/c1-3-10-21(11-4-1)31-36-32(23-18-19-28-27(20-23)35-34(39-28)22-12-5-2-6-13-22)38-33(37-31)26-16-9-15-25-24-14-7-8-17-29(24)40-30(25)26/h1-20H. The highest BCUT2D eigenvalue weighted by molar-refractivity contribution is 7.26. The van der Waals surface area contributed by atoms with Gasteiger partial charge in [-0.1, -0.05) is 78.9 Å². The largest absolute Gasteiger partial charge is 0.436 e. The molecule has 0 aliphatic rings. The number of thiophene rings is 1. The third-order valence-corrected chi connectivity index (χ3v) is 8.20. The minimum atomic E-state index is 0.588. The molecule has 0 amide bonds. The summed E-state index contributed by atoms with van der Waals surface area (Å²) in [7, 11) is 0. The molecule has 0 spiro atoms. The van der Waals surface area contributed by atoms with Crippen molar-refractivity contribution >= 4 is 42.6 Å². The van der Waals surface area contributed by atoms with Crippen molar-refractivity contribution in [3.8, 4) is 45.6 Å². The maximum absolute atomic E-state index is 6.05. The van der Waals surface area contributed by atoms with Crippen molar-refractivity contribution in [1.29, 1.82) is 0 Å². The molecular weight excluding hydrogens is 512 g/mol. The Bertz CT molecular complexity index is 2170. The van der Waals surface area contributed by atoms with Crippen LogP contribution in [0.25, 0.3) is 76.9 Å². The van der Waals surface area contributed by atoms with Crippen LogP contribution in [0.5, 0.6) is 0 Å². The maximum atomic E-state index is 6.05. The average Bonchev–Trinajstić information content (AvgIpc) is 3.63. The molecule has 40 heavy (non-hydrogen) atoms. The zero-order valence-corrected chi connectivity index (χ0v) is 22.0. The van der Waals surface area contributed by atoms with Crippen molar-refractivity contribution in [2.24, 2.45) is 0 Å². The Morgan fingerprint density at radius 1 is 0.500 bits per heavy atom. The zero-order valence-electron chi connectivity index (χ0n) is 21.2. The fourth-order valence-corrected chi connectivity index (χ4v) is 6.25. The first-order valence-corrected chi connectivity index (χ1v) is 13.8. The quantitative estimate of drug-likeness (QED) is 0.226. The highest BCUT2D eigenvalue weighted by Gasteiger charge is 2.17. The van der Waals surface area contributed by atoms with Gasteiger partial charge in [-0.05, 0) is 42.5 Å². The normalized spacial score (nSPS) is 11.5. The van der Waals surface area contributed by atoms with Crippen molar-refractivity contribution in [1.82, 2.24) is 19.9 Å². The maximum Gasteiger partial charge on any atom is 0.227 e. The first kappa shape index (κ1) is 22.8. The molecule has 0 N–H and O–H groups in total. The second-order valence-corrected chi connectivity index (χ2v) is 10.6. The number of oxazole rings is 1. The number of hydrogen-bond acceptors (Lipinski definition) is 6. The van der Waals surface area contributed by atoms with Crippen molar-refractivity contribution < 1.29 is 4.42 Å². The van der Waals surface area contributed by atoms with Crippen LogP contribution in [0.3, 0.4) is 0 Å². The van der Waals surface area contributed by atoms with Gasteiger partial charge in [0.25, 0.3) is 0 Å². The summed E-state index contributed by atoms with van der Waals surface area (Å²) in [6.45, 7) is 0. The third kappa shape index (κ3) is 3.85. The monoisotopic (exact) mass is 532 g/mol. The molecule has 6 heteroatoms. The first-order chi connectivity index (χ1) is 19.8. The van der Waals surface area contributed by atoms with Crippen LogP contribution in [0.4, 0.5) is 0 Å². The summed E-state index contributed by atoms with van der Waals surface area (Å²) < 4.78 is 8.45. The van der Waals surface area contributed by atoms with Crippen LogP contribution in [0.15, 0.2) is 126 Å². The van der Waals surface area contributed by atoms with Crippen molar-refractivity contribution in [3.63, 3.8) is 0 Å². The summed E-state index contributed by atoms with van der Waals surface area (Å²) in [6.07, 6.45) is 0. The molecule has 0 unspecified atom stereocenters. The van der Waals surface area contributed by atoms with Crippen LogP contribution < -0.4 is 0 Å². The Morgan fingerprint density at radius 3 is 2.00 bits per heavy atom. The highest BCUT2D eigenvalue weighted by Crippen LogP contribution is 2.39. The Morgan fingerprint density at radius 2 is 1.18 bits per heavy atom. The van der Waals surface area contributed by atoms with Gasteiger partial charge in [0.05, 0.1) is 0 Å². The van der Waals surface area contributed by atoms with E-state index >= 15 is 0 Å². The van der Waals surface area contributed by atoms with E-state index in [4.69, 9.17) is 24.4 Å². The van der Waals surface area contributed by atoms with Crippen LogP contribution in [0.1, 0.15) is 0 Å². The molecular formula is C34H20N4OS. The molecule has 5 nitrogen and oxygen atoms in total. The van der Waals surface area contributed by atoms with E-state index in [0.29, 0.717) is 23.4 Å². The van der Waals surface area contributed by atoms with E-state index in [0.717, 1.165) is 33.4 Å². The summed E-state index contributed by atoms with van der Waals surface area (Å²) in [5.41, 5.74) is 5.19. The molecule has 8 rings (SSSR count).